The lowest BCUT2D eigenvalue weighted by Crippen LogP contribution is -2.29. The van der Waals surface area contributed by atoms with E-state index < -0.39 is 10.0 Å². The molecule has 0 amide bonds. The normalized spacial score (nSPS) is 18.7. The first-order valence-corrected chi connectivity index (χ1v) is 5.61. The highest BCUT2D eigenvalue weighted by molar-refractivity contribution is 7.90. The number of para-hydroxylation sites is 1. The van der Waals surface area contributed by atoms with Crippen LogP contribution in [0.1, 0.15) is 6.92 Å². The van der Waals surface area contributed by atoms with Crippen LogP contribution in [0.4, 0.5) is 5.69 Å². The van der Waals surface area contributed by atoms with E-state index in [1.54, 1.807) is 37.1 Å². The summed E-state index contributed by atoms with van der Waals surface area (Å²) in [5.41, 5.74) is 0.681. The van der Waals surface area contributed by atoms with E-state index in [1.807, 2.05) is 6.07 Å². The molecule has 1 aromatic rings. The minimum Gasteiger partial charge on any atom is -0.331 e. The molecule has 14 heavy (non-hydrogen) atoms. The van der Waals surface area contributed by atoms with Crippen LogP contribution in [0.5, 0.6) is 0 Å². The van der Waals surface area contributed by atoms with Crippen molar-refractivity contribution in [3.63, 3.8) is 0 Å². The second kappa shape index (κ2) is 2.81. The van der Waals surface area contributed by atoms with Crippen LogP contribution in [0, 0.1) is 0 Å². The number of rotatable bonds is 0. The van der Waals surface area contributed by atoms with Crippen LogP contribution >= 0.6 is 0 Å². The third kappa shape index (κ3) is 1.21. The summed E-state index contributed by atoms with van der Waals surface area (Å²) in [7, 11) is -1.68. The minimum absolute atomic E-state index is 0.271. The first-order valence-electron chi connectivity index (χ1n) is 4.17. The smallest absolute Gasteiger partial charge is 0.286 e. The molecule has 74 valence electrons. The van der Waals surface area contributed by atoms with Crippen molar-refractivity contribution in [1.29, 1.82) is 0 Å². The molecule has 0 saturated heterocycles. The molecule has 0 bridgehead atoms. The maximum atomic E-state index is 11.6. The average Bonchev–Trinajstić information content (AvgIpc) is 2.14. The first-order chi connectivity index (χ1) is 6.52. The number of nitrogens with zero attached hydrogens (tertiary/aromatic N) is 2. The Morgan fingerprint density at radius 2 is 1.93 bits per heavy atom. The van der Waals surface area contributed by atoms with Gasteiger partial charge in [0.2, 0.25) is 0 Å². The van der Waals surface area contributed by atoms with E-state index in [4.69, 9.17) is 0 Å². The fourth-order valence-corrected chi connectivity index (χ4v) is 2.70. The SMILES string of the molecule is CC1=NS(=O)(=O)c2ccccc2N1C. The summed E-state index contributed by atoms with van der Waals surface area (Å²) in [5, 5.41) is 0. The summed E-state index contributed by atoms with van der Waals surface area (Å²) in [5.74, 6) is 0.490. The first kappa shape index (κ1) is 9.21. The Kier molecular flexibility index (Phi) is 1.85. The molecule has 1 aromatic carbocycles. The predicted molar refractivity (Wildman–Crippen MR) is 55.1 cm³/mol. The Morgan fingerprint density at radius 1 is 1.29 bits per heavy atom. The second-order valence-corrected chi connectivity index (χ2v) is 4.71. The van der Waals surface area contributed by atoms with Gasteiger partial charge in [-0.1, -0.05) is 12.1 Å². The Bertz CT molecular complexity index is 505. The van der Waals surface area contributed by atoms with E-state index in [1.165, 1.54) is 0 Å². The maximum Gasteiger partial charge on any atom is 0.286 e. The Balaban J connectivity index is 2.77. The standard InChI is InChI=1S/C9H10N2O2S/c1-7-10-14(12,13)9-6-4-3-5-8(9)11(7)2/h3-6H,1-2H3. The van der Waals surface area contributed by atoms with Crippen LogP contribution in [0.3, 0.4) is 0 Å². The van der Waals surface area contributed by atoms with Gasteiger partial charge in [-0.15, -0.1) is 4.40 Å². The van der Waals surface area contributed by atoms with Crippen molar-refractivity contribution in [3.8, 4) is 0 Å². The van der Waals surface area contributed by atoms with E-state index in [0.29, 0.717) is 11.5 Å². The quantitative estimate of drug-likeness (QED) is 0.647. The van der Waals surface area contributed by atoms with Crippen molar-refractivity contribution in [2.45, 2.75) is 11.8 Å². The number of hydrogen-bond acceptors (Lipinski definition) is 3. The van der Waals surface area contributed by atoms with Crippen molar-refractivity contribution >= 4 is 21.5 Å². The molecule has 0 N–H and O–H groups in total. The zero-order chi connectivity index (χ0) is 10.3. The topological polar surface area (TPSA) is 49.7 Å². The van der Waals surface area contributed by atoms with Crippen molar-refractivity contribution in [1.82, 2.24) is 0 Å². The summed E-state index contributed by atoms with van der Waals surface area (Å²) in [6.45, 7) is 1.67. The van der Waals surface area contributed by atoms with Gasteiger partial charge in [0, 0.05) is 7.05 Å². The van der Waals surface area contributed by atoms with Gasteiger partial charge in [0.1, 0.15) is 10.7 Å². The summed E-state index contributed by atoms with van der Waals surface area (Å²) < 4.78 is 26.9. The highest BCUT2D eigenvalue weighted by atomic mass is 32.2. The lowest BCUT2D eigenvalue weighted by molar-refractivity contribution is 0.597. The minimum atomic E-state index is -3.48. The zero-order valence-electron chi connectivity index (χ0n) is 7.93. The highest BCUT2D eigenvalue weighted by Gasteiger charge is 2.25. The van der Waals surface area contributed by atoms with Gasteiger partial charge in [-0.05, 0) is 19.1 Å². The number of fused-ring (bicyclic) bond motifs is 1. The number of sulfonamides is 1. The van der Waals surface area contributed by atoms with Gasteiger partial charge < -0.3 is 4.90 Å². The third-order valence-electron chi connectivity index (χ3n) is 2.24. The fraction of sp³-hybridized carbons (Fsp3) is 0.222. The molecule has 0 spiro atoms. The van der Waals surface area contributed by atoms with Crippen LogP contribution in [-0.4, -0.2) is 21.3 Å². The van der Waals surface area contributed by atoms with Crippen LogP contribution < -0.4 is 4.90 Å². The monoisotopic (exact) mass is 210 g/mol. The van der Waals surface area contributed by atoms with Crippen LogP contribution in [0.2, 0.25) is 0 Å². The van der Waals surface area contributed by atoms with E-state index in [2.05, 4.69) is 4.40 Å². The van der Waals surface area contributed by atoms with Crippen molar-refractivity contribution in [2.24, 2.45) is 4.40 Å². The molecule has 0 saturated carbocycles. The van der Waals surface area contributed by atoms with E-state index in [0.717, 1.165) is 0 Å². The number of amidine groups is 1. The van der Waals surface area contributed by atoms with Crippen LogP contribution in [0.15, 0.2) is 33.6 Å². The molecule has 2 rings (SSSR count). The molecule has 0 atom stereocenters. The average molecular weight is 210 g/mol. The van der Waals surface area contributed by atoms with E-state index in [9.17, 15) is 8.42 Å². The lowest BCUT2D eigenvalue weighted by Gasteiger charge is -2.24. The predicted octanol–water partition coefficient (Wildman–Crippen LogP) is 1.24. The van der Waals surface area contributed by atoms with Crippen molar-refractivity contribution in [3.05, 3.63) is 24.3 Å². The van der Waals surface area contributed by atoms with Crippen LogP contribution in [0.25, 0.3) is 0 Å². The second-order valence-electron chi connectivity index (χ2n) is 3.14. The Hall–Kier alpha value is -1.36. The highest BCUT2D eigenvalue weighted by Crippen LogP contribution is 2.29. The summed E-state index contributed by atoms with van der Waals surface area (Å²) >= 11 is 0. The van der Waals surface area contributed by atoms with E-state index >= 15 is 0 Å². The summed E-state index contributed by atoms with van der Waals surface area (Å²) in [6.07, 6.45) is 0. The molecule has 1 aliphatic heterocycles. The molecule has 1 heterocycles. The largest absolute Gasteiger partial charge is 0.331 e. The molecule has 0 unspecified atom stereocenters. The van der Waals surface area contributed by atoms with Crippen molar-refractivity contribution < 1.29 is 8.42 Å². The number of anilines is 1. The zero-order valence-corrected chi connectivity index (χ0v) is 8.75. The Morgan fingerprint density at radius 3 is 2.64 bits per heavy atom. The molecule has 1 aliphatic rings. The Labute approximate surface area is 82.9 Å². The molecular formula is C9H10N2O2S. The van der Waals surface area contributed by atoms with Crippen molar-refractivity contribution in [2.75, 3.05) is 11.9 Å². The molecule has 0 aliphatic carbocycles. The number of benzene rings is 1. The fourth-order valence-electron chi connectivity index (χ4n) is 1.41. The van der Waals surface area contributed by atoms with Gasteiger partial charge in [-0.3, -0.25) is 0 Å². The molecule has 5 heteroatoms. The van der Waals surface area contributed by atoms with E-state index in [-0.39, 0.29) is 4.90 Å². The van der Waals surface area contributed by atoms with Gasteiger partial charge in [-0.25, -0.2) is 0 Å². The third-order valence-corrected chi connectivity index (χ3v) is 3.65. The molecule has 0 radical (unpaired) electrons. The van der Waals surface area contributed by atoms with Crippen LogP contribution in [-0.2, 0) is 10.0 Å². The molecule has 4 nitrogen and oxygen atoms in total. The molecule has 0 aromatic heterocycles. The molecular weight excluding hydrogens is 200 g/mol. The lowest BCUT2D eigenvalue weighted by atomic mass is 10.3. The van der Waals surface area contributed by atoms with Gasteiger partial charge in [0.05, 0.1) is 5.69 Å². The summed E-state index contributed by atoms with van der Waals surface area (Å²) in [6, 6.07) is 6.84. The van der Waals surface area contributed by atoms with Gasteiger partial charge in [0.15, 0.2) is 0 Å². The maximum absolute atomic E-state index is 11.6. The number of hydrogen-bond donors (Lipinski definition) is 0. The van der Waals surface area contributed by atoms with Gasteiger partial charge in [-0.2, -0.15) is 8.42 Å². The van der Waals surface area contributed by atoms with Gasteiger partial charge >= 0.3 is 0 Å². The molecule has 0 fully saturated rings. The summed E-state index contributed by atoms with van der Waals surface area (Å²) in [4.78, 5) is 2.03. The van der Waals surface area contributed by atoms with Gasteiger partial charge in [0.25, 0.3) is 10.0 Å².